The first-order valence-electron chi connectivity index (χ1n) is 4.56. The van der Waals surface area contributed by atoms with Crippen molar-refractivity contribution in [1.29, 1.82) is 0 Å². The van der Waals surface area contributed by atoms with Crippen molar-refractivity contribution in [2.45, 2.75) is 13.3 Å². The number of aliphatic carboxylic acids is 1. The van der Waals surface area contributed by atoms with E-state index in [1.54, 1.807) is 6.92 Å². The predicted molar refractivity (Wildman–Crippen MR) is 50.3 cm³/mol. The number of amides is 1. The van der Waals surface area contributed by atoms with E-state index in [1.165, 1.54) is 12.3 Å². The molecule has 82 valence electrons. The fourth-order valence-corrected chi connectivity index (χ4v) is 1.04. The lowest BCUT2D eigenvalue weighted by atomic mass is 10.1. The van der Waals surface area contributed by atoms with Crippen LogP contribution in [-0.2, 0) is 4.79 Å². The summed E-state index contributed by atoms with van der Waals surface area (Å²) in [4.78, 5) is 22.0. The van der Waals surface area contributed by atoms with Gasteiger partial charge in [0.2, 0.25) is 0 Å². The van der Waals surface area contributed by atoms with Gasteiger partial charge in [0.15, 0.2) is 5.69 Å². The number of carbonyl (C=O) groups is 2. The van der Waals surface area contributed by atoms with Gasteiger partial charge in [0.1, 0.15) is 6.26 Å². The summed E-state index contributed by atoms with van der Waals surface area (Å²) in [7, 11) is 0. The highest BCUT2D eigenvalue weighted by molar-refractivity contribution is 5.92. The molecule has 1 atom stereocenters. The Morgan fingerprint density at radius 1 is 1.67 bits per heavy atom. The van der Waals surface area contributed by atoms with Gasteiger partial charge in [-0.3, -0.25) is 9.59 Å². The highest BCUT2D eigenvalue weighted by Crippen LogP contribution is 2.01. The Kier molecular flexibility index (Phi) is 3.84. The first kappa shape index (κ1) is 11.2. The van der Waals surface area contributed by atoms with E-state index >= 15 is 0 Å². The molecular formula is C9H12N2O4. The molecule has 6 nitrogen and oxygen atoms in total. The normalized spacial score (nSPS) is 12.1. The predicted octanol–water partition coefficient (Wildman–Crippen LogP) is 0.515. The average molecular weight is 212 g/mol. The molecule has 1 amide bonds. The van der Waals surface area contributed by atoms with Crippen LogP contribution in [0.3, 0.4) is 0 Å². The fourth-order valence-electron chi connectivity index (χ4n) is 1.04. The summed E-state index contributed by atoms with van der Waals surface area (Å²) in [6.45, 7) is 1.85. The first-order valence-corrected chi connectivity index (χ1v) is 4.56. The highest BCUT2D eigenvalue weighted by Gasteiger charge is 2.17. The maximum absolute atomic E-state index is 11.3. The van der Waals surface area contributed by atoms with E-state index in [0.717, 1.165) is 0 Å². The van der Waals surface area contributed by atoms with Gasteiger partial charge in [0.05, 0.1) is 5.92 Å². The molecule has 0 bridgehead atoms. The van der Waals surface area contributed by atoms with Crippen LogP contribution in [-0.4, -0.2) is 28.7 Å². The second-order valence-corrected chi connectivity index (χ2v) is 3.04. The first-order chi connectivity index (χ1) is 7.15. The van der Waals surface area contributed by atoms with E-state index in [0.29, 0.717) is 6.42 Å². The summed E-state index contributed by atoms with van der Waals surface area (Å²) >= 11 is 0. The molecule has 1 aromatic rings. The van der Waals surface area contributed by atoms with Crippen molar-refractivity contribution in [3.05, 3.63) is 18.0 Å². The lowest BCUT2D eigenvalue weighted by Gasteiger charge is -2.09. The van der Waals surface area contributed by atoms with E-state index in [-0.39, 0.29) is 12.2 Å². The molecule has 2 N–H and O–H groups in total. The molecular weight excluding hydrogens is 200 g/mol. The van der Waals surface area contributed by atoms with Crippen LogP contribution in [0.5, 0.6) is 0 Å². The third-order valence-electron chi connectivity index (χ3n) is 2.02. The van der Waals surface area contributed by atoms with Crippen LogP contribution in [0.4, 0.5) is 0 Å². The fraction of sp³-hybridized carbons (Fsp3) is 0.444. The standard InChI is InChI=1S/C9H12N2O4/c1-2-6(9(13)14)5-10-8(12)7-3-4-15-11-7/h3-4,6H,2,5H2,1H3,(H,10,12)(H,13,14). The molecule has 0 spiro atoms. The number of carboxylic acid groups (broad SMARTS) is 1. The van der Waals surface area contributed by atoms with E-state index in [2.05, 4.69) is 15.0 Å². The summed E-state index contributed by atoms with van der Waals surface area (Å²) in [5.41, 5.74) is 0.148. The summed E-state index contributed by atoms with van der Waals surface area (Å²) in [5, 5.41) is 14.6. The summed E-state index contributed by atoms with van der Waals surface area (Å²) in [6.07, 6.45) is 1.75. The zero-order valence-electron chi connectivity index (χ0n) is 8.27. The molecule has 0 aromatic carbocycles. The average Bonchev–Trinajstić information content (AvgIpc) is 2.70. The van der Waals surface area contributed by atoms with Crippen LogP contribution >= 0.6 is 0 Å². The van der Waals surface area contributed by atoms with Crippen LogP contribution < -0.4 is 5.32 Å². The number of carboxylic acids is 1. The minimum Gasteiger partial charge on any atom is -0.481 e. The van der Waals surface area contributed by atoms with Crippen molar-refractivity contribution < 1.29 is 19.2 Å². The molecule has 1 heterocycles. The maximum Gasteiger partial charge on any atom is 0.308 e. The van der Waals surface area contributed by atoms with Crippen LogP contribution in [0.2, 0.25) is 0 Å². The van der Waals surface area contributed by atoms with Crippen molar-refractivity contribution in [1.82, 2.24) is 10.5 Å². The van der Waals surface area contributed by atoms with E-state index in [4.69, 9.17) is 5.11 Å². The van der Waals surface area contributed by atoms with Gasteiger partial charge in [-0.2, -0.15) is 0 Å². The van der Waals surface area contributed by atoms with Crippen LogP contribution in [0, 0.1) is 5.92 Å². The van der Waals surface area contributed by atoms with E-state index < -0.39 is 17.8 Å². The molecule has 1 rings (SSSR count). The molecule has 1 unspecified atom stereocenters. The molecule has 0 aliphatic heterocycles. The maximum atomic E-state index is 11.3. The summed E-state index contributed by atoms with van der Waals surface area (Å²) in [5.74, 6) is -1.91. The lowest BCUT2D eigenvalue weighted by Crippen LogP contribution is -2.32. The van der Waals surface area contributed by atoms with Gasteiger partial charge >= 0.3 is 5.97 Å². The van der Waals surface area contributed by atoms with Gasteiger partial charge < -0.3 is 14.9 Å². The van der Waals surface area contributed by atoms with Crippen molar-refractivity contribution in [2.24, 2.45) is 5.92 Å². The molecule has 0 fully saturated rings. The molecule has 0 aliphatic carbocycles. The molecule has 0 radical (unpaired) electrons. The topological polar surface area (TPSA) is 92.4 Å². The summed E-state index contributed by atoms with van der Waals surface area (Å²) in [6, 6.07) is 1.41. The van der Waals surface area contributed by atoms with Crippen LogP contribution in [0.25, 0.3) is 0 Å². The van der Waals surface area contributed by atoms with Gasteiger partial charge in [0.25, 0.3) is 5.91 Å². The molecule has 6 heteroatoms. The Bertz CT molecular complexity index is 334. The van der Waals surface area contributed by atoms with E-state index in [9.17, 15) is 9.59 Å². The van der Waals surface area contributed by atoms with Crippen LogP contribution in [0.1, 0.15) is 23.8 Å². The molecule has 0 saturated carbocycles. The Morgan fingerprint density at radius 2 is 2.40 bits per heavy atom. The number of nitrogens with zero attached hydrogens (tertiary/aromatic N) is 1. The molecule has 15 heavy (non-hydrogen) atoms. The Labute approximate surface area is 86.3 Å². The largest absolute Gasteiger partial charge is 0.481 e. The van der Waals surface area contributed by atoms with Crippen molar-refractivity contribution in [3.8, 4) is 0 Å². The number of nitrogens with one attached hydrogen (secondary N) is 1. The minimum atomic E-state index is -0.919. The smallest absolute Gasteiger partial charge is 0.308 e. The van der Waals surface area contributed by atoms with Gasteiger partial charge in [-0.25, -0.2) is 0 Å². The number of hydrogen-bond donors (Lipinski definition) is 2. The third kappa shape index (κ3) is 3.08. The zero-order valence-corrected chi connectivity index (χ0v) is 8.27. The lowest BCUT2D eigenvalue weighted by molar-refractivity contribution is -0.141. The quantitative estimate of drug-likeness (QED) is 0.742. The zero-order chi connectivity index (χ0) is 11.3. The number of carbonyl (C=O) groups excluding carboxylic acids is 1. The van der Waals surface area contributed by atoms with E-state index in [1.807, 2.05) is 0 Å². The Balaban J connectivity index is 2.43. The second-order valence-electron chi connectivity index (χ2n) is 3.04. The third-order valence-corrected chi connectivity index (χ3v) is 2.02. The number of hydrogen-bond acceptors (Lipinski definition) is 4. The number of rotatable bonds is 5. The van der Waals surface area contributed by atoms with Gasteiger partial charge in [0, 0.05) is 12.6 Å². The monoisotopic (exact) mass is 212 g/mol. The number of aromatic nitrogens is 1. The Hall–Kier alpha value is -1.85. The van der Waals surface area contributed by atoms with Gasteiger partial charge in [-0.15, -0.1) is 0 Å². The molecule has 0 aliphatic rings. The van der Waals surface area contributed by atoms with Gasteiger partial charge in [-0.05, 0) is 6.42 Å². The minimum absolute atomic E-state index is 0.0948. The second kappa shape index (κ2) is 5.14. The van der Waals surface area contributed by atoms with Crippen LogP contribution in [0.15, 0.2) is 16.9 Å². The Morgan fingerprint density at radius 3 is 2.87 bits per heavy atom. The summed E-state index contributed by atoms with van der Waals surface area (Å²) < 4.78 is 4.49. The molecule has 0 saturated heterocycles. The van der Waals surface area contributed by atoms with Gasteiger partial charge in [-0.1, -0.05) is 12.1 Å². The van der Waals surface area contributed by atoms with Crippen molar-refractivity contribution in [3.63, 3.8) is 0 Å². The molecule has 1 aromatic heterocycles. The highest BCUT2D eigenvalue weighted by atomic mass is 16.5. The van der Waals surface area contributed by atoms with Crippen molar-refractivity contribution in [2.75, 3.05) is 6.54 Å². The van der Waals surface area contributed by atoms with Crippen molar-refractivity contribution >= 4 is 11.9 Å². The SMILES string of the molecule is CCC(CNC(=O)c1ccon1)C(=O)O.